The molecule has 0 bridgehead atoms. The van der Waals surface area contributed by atoms with Crippen LogP contribution in [-0.2, 0) is 16.6 Å². The fourth-order valence-corrected chi connectivity index (χ4v) is 3.92. The molecule has 166 valence electrons. The number of rotatable bonds is 8. The Labute approximate surface area is 180 Å². The number of nitrogens with zero attached hydrogens (tertiary/aromatic N) is 2. The first-order valence-electron chi connectivity index (χ1n) is 10.3. The van der Waals surface area contributed by atoms with Gasteiger partial charge in [0.1, 0.15) is 22.4 Å². The van der Waals surface area contributed by atoms with Crippen LogP contribution < -0.4 is 14.8 Å². The maximum Gasteiger partial charge on any atom is 0.297 e. The predicted octanol–water partition coefficient (Wildman–Crippen LogP) is 4.00. The van der Waals surface area contributed by atoms with E-state index in [1.54, 1.807) is 17.7 Å². The van der Waals surface area contributed by atoms with Gasteiger partial charge in [0.15, 0.2) is 5.82 Å². The van der Waals surface area contributed by atoms with Crippen LogP contribution in [0, 0.1) is 5.82 Å². The molecular weight excluding hydrogens is 413 g/mol. The van der Waals surface area contributed by atoms with Gasteiger partial charge in [-0.2, -0.15) is 4.98 Å². The van der Waals surface area contributed by atoms with Gasteiger partial charge in [-0.15, -0.1) is 0 Å². The first kappa shape index (κ1) is 22.6. The van der Waals surface area contributed by atoms with Crippen LogP contribution in [0.15, 0.2) is 6.07 Å². The molecule has 30 heavy (non-hydrogen) atoms. The molecule has 0 radical (unpaired) electrons. The number of hydrogen-bond donors (Lipinski definition) is 1. The molecule has 1 saturated carbocycles. The van der Waals surface area contributed by atoms with E-state index in [4.69, 9.17) is 25.8 Å². The molecule has 1 amide bonds. The monoisotopic (exact) mass is 441 g/mol. The summed E-state index contributed by atoms with van der Waals surface area (Å²) in [6.45, 7) is 6.11. The normalized spacial score (nSPS) is 20.2. The highest BCUT2D eigenvalue weighted by molar-refractivity contribution is 6.33. The molecule has 1 aromatic heterocycles. The minimum atomic E-state index is -0.603. The highest BCUT2D eigenvalue weighted by Gasteiger charge is 2.26. The molecule has 1 N–H and O–H groups in total. The van der Waals surface area contributed by atoms with Crippen LogP contribution in [-0.4, -0.2) is 46.9 Å². The number of carbonyl (C=O) groups excluding carboxylic acids is 1. The number of halogens is 2. The number of aryl methyl sites for hydroxylation is 1. The van der Waals surface area contributed by atoms with E-state index in [1.807, 2.05) is 13.8 Å². The molecule has 0 saturated heterocycles. The fourth-order valence-electron chi connectivity index (χ4n) is 3.72. The van der Waals surface area contributed by atoms with Crippen LogP contribution in [0.3, 0.4) is 0 Å². The minimum absolute atomic E-state index is 0.0141. The molecule has 1 atom stereocenters. The van der Waals surface area contributed by atoms with Gasteiger partial charge in [-0.05, 0) is 39.5 Å². The van der Waals surface area contributed by atoms with E-state index in [1.165, 1.54) is 6.92 Å². The van der Waals surface area contributed by atoms with Gasteiger partial charge < -0.3 is 19.5 Å². The van der Waals surface area contributed by atoms with Crippen LogP contribution in [0.4, 0.5) is 4.39 Å². The van der Waals surface area contributed by atoms with Crippen molar-refractivity contribution in [3.8, 4) is 11.8 Å². The smallest absolute Gasteiger partial charge is 0.297 e. The lowest BCUT2D eigenvalue weighted by Crippen LogP contribution is -2.37. The number of benzene rings is 1. The van der Waals surface area contributed by atoms with E-state index >= 15 is 0 Å². The summed E-state index contributed by atoms with van der Waals surface area (Å²) in [6, 6.07) is 2.03. The second kappa shape index (κ2) is 9.83. The zero-order chi connectivity index (χ0) is 21.8. The van der Waals surface area contributed by atoms with Crippen molar-refractivity contribution in [1.82, 2.24) is 14.9 Å². The van der Waals surface area contributed by atoms with E-state index in [0.717, 1.165) is 25.7 Å². The van der Waals surface area contributed by atoms with Gasteiger partial charge in [-0.25, -0.2) is 4.39 Å². The van der Waals surface area contributed by atoms with Gasteiger partial charge in [0.05, 0.1) is 24.8 Å². The van der Waals surface area contributed by atoms with Crippen molar-refractivity contribution in [1.29, 1.82) is 0 Å². The highest BCUT2D eigenvalue weighted by atomic mass is 35.5. The van der Waals surface area contributed by atoms with E-state index in [0.29, 0.717) is 30.5 Å². The summed E-state index contributed by atoms with van der Waals surface area (Å²) >= 11 is 6.07. The lowest BCUT2D eigenvalue weighted by atomic mass is 9.95. The van der Waals surface area contributed by atoms with Gasteiger partial charge in [-0.1, -0.05) is 11.6 Å². The van der Waals surface area contributed by atoms with E-state index in [2.05, 4.69) is 10.3 Å². The molecule has 1 heterocycles. The first-order valence-corrected chi connectivity index (χ1v) is 10.7. The standard InChI is InChI=1S/C21H29ClFN3O4/c1-5-28-17-10-16-20(19(23)18(17)22)25-21(26(16)4)30-15-8-6-14(7-9-15)29-11-12(2)24-13(3)27/h10,12,14-15H,5-9,11H2,1-4H3,(H,24,27)/t12-,14?,15?/m0/s1. The number of aromatic nitrogens is 2. The van der Waals surface area contributed by atoms with Crippen molar-refractivity contribution in [2.45, 2.75) is 64.7 Å². The SMILES string of the molecule is CCOc1cc2c(nc(OC3CCC(OC[C@H](C)NC(C)=O)CC3)n2C)c(F)c1Cl. The van der Waals surface area contributed by atoms with E-state index < -0.39 is 5.82 Å². The molecule has 7 nitrogen and oxygen atoms in total. The topological polar surface area (TPSA) is 74.6 Å². The van der Waals surface area contributed by atoms with Crippen molar-refractivity contribution in [3.05, 3.63) is 16.9 Å². The number of hydrogen-bond acceptors (Lipinski definition) is 5. The summed E-state index contributed by atoms with van der Waals surface area (Å²) in [5, 5.41) is 2.75. The summed E-state index contributed by atoms with van der Waals surface area (Å²) in [5.74, 6) is -0.366. The van der Waals surface area contributed by atoms with E-state index in [9.17, 15) is 9.18 Å². The molecule has 1 aliphatic rings. The quantitative estimate of drug-likeness (QED) is 0.670. The molecule has 1 aromatic carbocycles. The summed E-state index contributed by atoms with van der Waals surface area (Å²) in [6.07, 6.45) is 3.47. The van der Waals surface area contributed by atoms with Gasteiger partial charge >= 0.3 is 0 Å². The van der Waals surface area contributed by atoms with Crippen LogP contribution in [0.1, 0.15) is 46.5 Å². The van der Waals surface area contributed by atoms with E-state index in [-0.39, 0.29) is 34.7 Å². The zero-order valence-electron chi connectivity index (χ0n) is 17.8. The Bertz CT molecular complexity index is 896. The van der Waals surface area contributed by atoms with Gasteiger partial charge in [0.2, 0.25) is 5.91 Å². The van der Waals surface area contributed by atoms with Crippen LogP contribution in [0.5, 0.6) is 11.8 Å². The summed E-state index contributed by atoms with van der Waals surface area (Å²) < 4.78 is 33.8. The van der Waals surface area contributed by atoms with Gasteiger partial charge in [0.25, 0.3) is 6.01 Å². The van der Waals surface area contributed by atoms with Gasteiger partial charge in [0, 0.05) is 26.1 Å². The number of carbonyl (C=O) groups is 1. The number of ether oxygens (including phenoxy) is 3. The lowest BCUT2D eigenvalue weighted by molar-refractivity contribution is -0.120. The summed E-state index contributed by atoms with van der Waals surface area (Å²) in [4.78, 5) is 15.4. The Morgan fingerprint density at radius 2 is 2.03 bits per heavy atom. The third-order valence-corrected chi connectivity index (χ3v) is 5.56. The van der Waals surface area contributed by atoms with Crippen molar-refractivity contribution < 1.29 is 23.4 Å². The average Bonchev–Trinajstić information content (AvgIpc) is 3.01. The van der Waals surface area contributed by atoms with Gasteiger partial charge in [-0.3, -0.25) is 9.36 Å². The number of nitrogens with one attached hydrogen (secondary N) is 1. The highest BCUT2D eigenvalue weighted by Crippen LogP contribution is 2.36. The third-order valence-electron chi connectivity index (χ3n) is 5.21. The zero-order valence-corrected chi connectivity index (χ0v) is 18.6. The Balaban J connectivity index is 1.60. The van der Waals surface area contributed by atoms with Crippen molar-refractivity contribution in [2.24, 2.45) is 7.05 Å². The Morgan fingerprint density at radius 1 is 1.37 bits per heavy atom. The van der Waals surface area contributed by atoms with Crippen LogP contribution in [0.25, 0.3) is 11.0 Å². The second-order valence-electron chi connectivity index (χ2n) is 7.71. The number of fused-ring (bicyclic) bond motifs is 1. The number of imidazole rings is 1. The first-order chi connectivity index (χ1) is 14.3. The summed E-state index contributed by atoms with van der Waals surface area (Å²) in [7, 11) is 1.78. The molecule has 0 spiro atoms. The third kappa shape index (κ3) is 5.16. The average molecular weight is 442 g/mol. The Kier molecular flexibility index (Phi) is 7.41. The lowest BCUT2D eigenvalue weighted by Gasteiger charge is -2.29. The molecule has 3 rings (SSSR count). The van der Waals surface area contributed by atoms with Crippen LogP contribution in [0.2, 0.25) is 5.02 Å². The van der Waals surface area contributed by atoms with Crippen molar-refractivity contribution >= 4 is 28.5 Å². The molecule has 0 aliphatic heterocycles. The second-order valence-corrected chi connectivity index (χ2v) is 8.09. The summed E-state index contributed by atoms with van der Waals surface area (Å²) in [5.41, 5.74) is 0.740. The largest absolute Gasteiger partial charge is 0.492 e. The molecule has 1 aliphatic carbocycles. The fraction of sp³-hybridized carbons (Fsp3) is 0.619. The number of amides is 1. The maximum atomic E-state index is 14.6. The van der Waals surface area contributed by atoms with Crippen molar-refractivity contribution in [2.75, 3.05) is 13.2 Å². The molecule has 2 aromatic rings. The molecule has 0 unspecified atom stereocenters. The molecular formula is C21H29ClFN3O4. The molecule has 9 heteroatoms. The van der Waals surface area contributed by atoms with Crippen LogP contribution >= 0.6 is 11.6 Å². The maximum absolute atomic E-state index is 14.6. The molecule has 1 fully saturated rings. The Hall–Kier alpha value is -2.06. The minimum Gasteiger partial charge on any atom is -0.492 e. The Morgan fingerprint density at radius 3 is 2.67 bits per heavy atom. The predicted molar refractivity (Wildman–Crippen MR) is 113 cm³/mol. The van der Waals surface area contributed by atoms with Crippen molar-refractivity contribution in [3.63, 3.8) is 0 Å².